The van der Waals surface area contributed by atoms with Crippen LogP contribution in [0.15, 0.2) is 17.3 Å². The van der Waals surface area contributed by atoms with Crippen LogP contribution in [0.5, 0.6) is 0 Å². The number of hydrogen-bond donors (Lipinski definition) is 3. The maximum atomic E-state index is 11.6. The highest BCUT2D eigenvalue weighted by Gasteiger charge is 2.17. The van der Waals surface area contributed by atoms with Crippen molar-refractivity contribution in [3.8, 4) is 0 Å². The van der Waals surface area contributed by atoms with Crippen molar-refractivity contribution in [3.05, 3.63) is 12.3 Å². The standard InChI is InChI=1S/C8H15N3O3S/c1-7(3-2-6-12)11-15(13,14)8-4-5-9-10-8/h4-5,7,11-12H,2-3,6H2,1H3,(H,9,10). The predicted octanol–water partition coefficient (Wildman–Crippen LogP) is -0.151. The van der Waals surface area contributed by atoms with Gasteiger partial charge in [0, 0.05) is 12.6 Å². The lowest BCUT2D eigenvalue weighted by Gasteiger charge is -2.12. The Morgan fingerprint density at radius 2 is 2.40 bits per heavy atom. The fourth-order valence-corrected chi connectivity index (χ4v) is 2.36. The lowest BCUT2D eigenvalue weighted by atomic mass is 10.2. The molecule has 1 unspecified atom stereocenters. The van der Waals surface area contributed by atoms with Gasteiger partial charge >= 0.3 is 0 Å². The molecule has 0 radical (unpaired) electrons. The van der Waals surface area contributed by atoms with Gasteiger partial charge in [0.25, 0.3) is 10.0 Å². The van der Waals surface area contributed by atoms with E-state index in [9.17, 15) is 8.42 Å². The van der Waals surface area contributed by atoms with Crippen LogP contribution in [0, 0.1) is 0 Å². The average molecular weight is 233 g/mol. The minimum absolute atomic E-state index is 0.0540. The zero-order valence-electron chi connectivity index (χ0n) is 8.47. The lowest BCUT2D eigenvalue weighted by molar-refractivity contribution is 0.279. The van der Waals surface area contributed by atoms with E-state index in [1.807, 2.05) is 0 Å². The third-order valence-electron chi connectivity index (χ3n) is 1.92. The molecule has 0 bridgehead atoms. The fraction of sp³-hybridized carbons (Fsp3) is 0.625. The molecule has 0 amide bonds. The Morgan fingerprint density at radius 3 is 2.93 bits per heavy atom. The molecule has 0 aliphatic rings. The van der Waals surface area contributed by atoms with E-state index in [4.69, 9.17) is 5.11 Å². The molecule has 3 N–H and O–H groups in total. The number of aromatic amines is 1. The molecule has 1 atom stereocenters. The second-order valence-electron chi connectivity index (χ2n) is 3.31. The summed E-state index contributed by atoms with van der Waals surface area (Å²) in [4.78, 5) is 0. The summed E-state index contributed by atoms with van der Waals surface area (Å²) in [7, 11) is -3.50. The highest BCUT2D eigenvalue weighted by molar-refractivity contribution is 7.89. The molecule has 0 spiro atoms. The van der Waals surface area contributed by atoms with Gasteiger partial charge in [-0.2, -0.15) is 5.10 Å². The van der Waals surface area contributed by atoms with Gasteiger partial charge in [-0.3, -0.25) is 5.10 Å². The molecule has 1 rings (SSSR count). The van der Waals surface area contributed by atoms with Gasteiger partial charge in [-0.25, -0.2) is 13.1 Å². The first-order valence-electron chi connectivity index (χ1n) is 4.69. The van der Waals surface area contributed by atoms with Crippen molar-refractivity contribution in [1.29, 1.82) is 0 Å². The monoisotopic (exact) mass is 233 g/mol. The van der Waals surface area contributed by atoms with Gasteiger partial charge in [-0.05, 0) is 25.8 Å². The highest BCUT2D eigenvalue weighted by Crippen LogP contribution is 2.05. The Hall–Kier alpha value is -0.920. The normalized spacial score (nSPS) is 14.0. The highest BCUT2D eigenvalue weighted by atomic mass is 32.2. The van der Waals surface area contributed by atoms with E-state index in [0.29, 0.717) is 12.8 Å². The average Bonchev–Trinajstić information content (AvgIpc) is 2.67. The molecule has 0 aliphatic carbocycles. The molecule has 1 aromatic rings. The van der Waals surface area contributed by atoms with Crippen molar-refractivity contribution in [2.75, 3.05) is 6.61 Å². The van der Waals surface area contributed by atoms with Crippen LogP contribution in [0.2, 0.25) is 0 Å². The van der Waals surface area contributed by atoms with Gasteiger partial charge in [-0.1, -0.05) is 0 Å². The van der Waals surface area contributed by atoms with Crippen molar-refractivity contribution in [1.82, 2.24) is 14.9 Å². The third-order valence-corrected chi connectivity index (χ3v) is 3.44. The predicted molar refractivity (Wildman–Crippen MR) is 54.7 cm³/mol. The molecule has 15 heavy (non-hydrogen) atoms. The van der Waals surface area contributed by atoms with Crippen molar-refractivity contribution in [2.45, 2.75) is 30.8 Å². The van der Waals surface area contributed by atoms with Gasteiger partial charge in [-0.15, -0.1) is 0 Å². The maximum Gasteiger partial charge on any atom is 0.257 e. The Balaban J connectivity index is 2.57. The Morgan fingerprint density at radius 1 is 1.67 bits per heavy atom. The largest absolute Gasteiger partial charge is 0.396 e. The van der Waals surface area contributed by atoms with Crippen molar-refractivity contribution in [2.24, 2.45) is 0 Å². The van der Waals surface area contributed by atoms with Crippen LogP contribution in [-0.2, 0) is 10.0 Å². The summed E-state index contributed by atoms with van der Waals surface area (Å²) in [6.45, 7) is 1.82. The quantitative estimate of drug-likeness (QED) is 0.636. The van der Waals surface area contributed by atoms with E-state index in [2.05, 4.69) is 14.9 Å². The Bertz CT molecular complexity index is 374. The van der Waals surface area contributed by atoms with Crippen molar-refractivity contribution < 1.29 is 13.5 Å². The number of aliphatic hydroxyl groups is 1. The summed E-state index contributed by atoms with van der Waals surface area (Å²) in [5, 5.41) is 14.6. The van der Waals surface area contributed by atoms with Crippen LogP contribution in [0.25, 0.3) is 0 Å². The Kier molecular flexibility index (Phi) is 4.25. The SMILES string of the molecule is CC(CCCO)NS(=O)(=O)c1ccn[nH]1. The van der Waals surface area contributed by atoms with Crippen LogP contribution < -0.4 is 4.72 Å². The fourth-order valence-electron chi connectivity index (χ4n) is 1.18. The topological polar surface area (TPSA) is 95.1 Å². The minimum Gasteiger partial charge on any atom is -0.396 e. The number of H-pyrrole nitrogens is 1. The molecule has 6 nitrogen and oxygen atoms in total. The Labute approximate surface area is 88.8 Å². The molecule has 0 saturated carbocycles. The first kappa shape index (κ1) is 12.2. The van der Waals surface area contributed by atoms with E-state index in [0.717, 1.165) is 0 Å². The van der Waals surface area contributed by atoms with E-state index >= 15 is 0 Å². The molecule has 0 aliphatic heterocycles. The number of nitrogens with zero attached hydrogens (tertiary/aromatic N) is 1. The molecule has 1 heterocycles. The molecule has 0 saturated heterocycles. The van der Waals surface area contributed by atoms with Crippen LogP contribution in [0.3, 0.4) is 0 Å². The summed E-state index contributed by atoms with van der Waals surface area (Å²) in [6.07, 6.45) is 2.56. The van der Waals surface area contributed by atoms with Crippen LogP contribution in [0.4, 0.5) is 0 Å². The second kappa shape index (κ2) is 5.24. The third kappa shape index (κ3) is 3.61. The van der Waals surface area contributed by atoms with Crippen molar-refractivity contribution in [3.63, 3.8) is 0 Å². The van der Waals surface area contributed by atoms with Crippen molar-refractivity contribution >= 4 is 10.0 Å². The molecule has 0 fully saturated rings. The summed E-state index contributed by atoms with van der Waals surface area (Å²) in [5.41, 5.74) is 0. The summed E-state index contributed by atoms with van der Waals surface area (Å²) >= 11 is 0. The van der Waals surface area contributed by atoms with Gasteiger partial charge < -0.3 is 5.11 Å². The molecular formula is C8H15N3O3S. The van der Waals surface area contributed by atoms with E-state index < -0.39 is 10.0 Å². The zero-order chi connectivity index (χ0) is 11.3. The van der Waals surface area contributed by atoms with Gasteiger partial charge in [0.1, 0.15) is 0 Å². The summed E-state index contributed by atoms with van der Waals surface area (Å²) in [6, 6.07) is 1.19. The second-order valence-corrected chi connectivity index (χ2v) is 4.99. The first-order chi connectivity index (χ1) is 7.06. The smallest absolute Gasteiger partial charge is 0.257 e. The van der Waals surface area contributed by atoms with E-state index in [-0.39, 0.29) is 17.7 Å². The zero-order valence-corrected chi connectivity index (χ0v) is 9.29. The van der Waals surface area contributed by atoms with Crippen LogP contribution >= 0.6 is 0 Å². The molecule has 86 valence electrons. The van der Waals surface area contributed by atoms with E-state index in [1.165, 1.54) is 12.3 Å². The minimum atomic E-state index is -3.50. The number of hydrogen-bond acceptors (Lipinski definition) is 4. The number of rotatable bonds is 6. The summed E-state index contributed by atoms with van der Waals surface area (Å²) in [5.74, 6) is 0. The summed E-state index contributed by atoms with van der Waals surface area (Å²) < 4.78 is 25.7. The molecular weight excluding hydrogens is 218 g/mol. The van der Waals surface area contributed by atoms with Crippen LogP contribution in [-0.4, -0.2) is 36.4 Å². The lowest BCUT2D eigenvalue weighted by Crippen LogP contribution is -2.32. The maximum absolute atomic E-state index is 11.6. The van der Waals surface area contributed by atoms with Crippen LogP contribution in [0.1, 0.15) is 19.8 Å². The van der Waals surface area contributed by atoms with E-state index in [1.54, 1.807) is 6.92 Å². The molecule has 0 aromatic carbocycles. The number of aliphatic hydroxyl groups excluding tert-OH is 1. The van der Waals surface area contributed by atoms with Gasteiger partial charge in [0.15, 0.2) is 5.03 Å². The molecule has 1 aromatic heterocycles. The van der Waals surface area contributed by atoms with Gasteiger partial charge in [0.2, 0.25) is 0 Å². The van der Waals surface area contributed by atoms with Gasteiger partial charge in [0.05, 0.1) is 6.20 Å². The molecule has 7 heteroatoms. The number of nitrogens with one attached hydrogen (secondary N) is 2. The number of sulfonamides is 1. The first-order valence-corrected chi connectivity index (χ1v) is 6.17. The number of aromatic nitrogens is 2.